The Balaban J connectivity index is 2.13. The van der Waals surface area contributed by atoms with Gasteiger partial charge >= 0.3 is 17.8 Å². The van der Waals surface area contributed by atoms with E-state index in [2.05, 4.69) is 0 Å². The molecule has 2 rings (SSSR count). The minimum absolute atomic E-state index is 0.0319. The third-order valence-corrected chi connectivity index (χ3v) is 3.56. The molecule has 1 atom stereocenters. The fraction of sp³-hybridized carbons (Fsp3) is 0.462. The van der Waals surface area contributed by atoms with Crippen molar-refractivity contribution in [1.29, 1.82) is 0 Å². The smallest absolute Gasteiger partial charge is 0.471 e. The first-order valence-corrected chi connectivity index (χ1v) is 7.03. The average molecular weight is 353 g/mol. The van der Waals surface area contributed by atoms with Crippen LogP contribution < -0.4 is 4.74 Å². The molecule has 1 aliphatic rings. The molecule has 23 heavy (non-hydrogen) atoms. The summed E-state index contributed by atoms with van der Waals surface area (Å²) < 4.78 is 42.8. The summed E-state index contributed by atoms with van der Waals surface area (Å²) in [4.78, 5) is 22.2. The van der Waals surface area contributed by atoms with Crippen molar-refractivity contribution in [2.45, 2.75) is 25.1 Å². The second-order valence-corrected chi connectivity index (χ2v) is 5.44. The Labute approximate surface area is 133 Å². The van der Waals surface area contributed by atoms with Crippen molar-refractivity contribution in [1.82, 2.24) is 4.90 Å². The molecular formula is C13H12ClF3N2O4. The predicted molar refractivity (Wildman–Crippen MR) is 74.4 cm³/mol. The molecule has 1 unspecified atom stereocenters. The number of ether oxygens (including phenoxy) is 1. The van der Waals surface area contributed by atoms with E-state index in [4.69, 9.17) is 16.3 Å². The molecule has 0 aromatic heterocycles. The van der Waals surface area contributed by atoms with Gasteiger partial charge in [0.1, 0.15) is 6.10 Å². The number of piperidine rings is 1. The first-order valence-electron chi connectivity index (χ1n) is 6.65. The second-order valence-electron chi connectivity index (χ2n) is 5.00. The fourth-order valence-corrected chi connectivity index (χ4v) is 2.47. The van der Waals surface area contributed by atoms with Gasteiger partial charge in [-0.05, 0) is 18.9 Å². The van der Waals surface area contributed by atoms with Crippen molar-refractivity contribution in [3.05, 3.63) is 33.3 Å². The van der Waals surface area contributed by atoms with Gasteiger partial charge < -0.3 is 9.64 Å². The summed E-state index contributed by atoms with van der Waals surface area (Å²) >= 11 is 5.76. The molecule has 0 bridgehead atoms. The lowest BCUT2D eigenvalue weighted by molar-refractivity contribution is -0.386. The number of benzene rings is 1. The summed E-state index contributed by atoms with van der Waals surface area (Å²) in [6, 6.07) is 3.69. The molecule has 1 aliphatic heterocycles. The highest BCUT2D eigenvalue weighted by Gasteiger charge is 2.44. The van der Waals surface area contributed by atoms with Crippen LogP contribution in [0.25, 0.3) is 0 Å². The van der Waals surface area contributed by atoms with Crippen molar-refractivity contribution in [3.8, 4) is 5.75 Å². The van der Waals surface area contributed by atoms with Gasteiger partial charge in [-0.1, -0.05) is 11.6 Å². The van der Waals surface area contributed by atoms with Crippen LogP contribution in [0, 0.1) is 10.1 Å². The normalized spacial score (nSPS) is 18.6. The van der Waals surface area contributed by atoms with Crippen LogP contribution in [-0.2, 0) is 4.79 Å². The van der Waals surface area contributed by atoms with E-state index in [-0.39, 0.29) is 29.5 Å². The van der Waals surface area contributed by atoms with Crippen molar-refractivity contribution in [3.63, 3.8) is 0 Å². The van der Waals surface area contributed by atoms with Gasteiger partial charge in [0.05, 0.1) is 11.5 Å². The summed E-state index contributed by atoms with van der Waals surface area (Å²) in [5.74, 6) is -2.07. The van der Waals surface area contributed by atoms with Crippen LogP contribution in [0.15, 0.2) is 18.2 Å². The Morgan fingerprint density at radius 3 is 2.74 bits per heavy atom. The van der Waals surface area contributed by atoms with Gasteiger partial charge in [-0.3, -0.25) is 14.9 Å². The number of halogens is 4. The van der Waals surface area contributed by atoms with Crippen molar-refractivity contribution < 1.29 is 27.6 Å². The third-order valence-electron chi connectivity index (χ3n) is 3.32. The van der Waals surface area contributed by atoms with Gasteiger partial charge in [-0.25, -0.2) is 0 Å². The van der Waals surface area contributed by atoms with E-state index >= 15 is 0 Å². The second kappa shape index (κ2) is 6.61. The van der Waals surface area contributed by atoms with E-state index in [0.29, 0.717) is 17.7 Å². The zero-order chi connectivity index (χ0) is 17.2. The molecule has 126 valence electrons. The zero-order valence-electron chi connectivity index (χ0n) is 11.7. The van der Waals surface area contributed by atoms with E-state index < -0.39 is 23.1 Å². The molecule has 1 aromatic rings. The number of amides is 1. The predicted octanol–water partition coefficient (Wildman–Crippen LogP) is 3.18. The maximum Gasteiger partial charge on any atom is 0.471 e. The Kier molecular flexibility index (Phi) is 4.98. The molecule has 6 nitrogen and oxygen atoms in total. The molecule has 0 spiro atoms. The number of alkyl halides is 3. The van der Waals surface area contributed by atoms with Crippen LogP contribution in [0.4, 0.5) is 18.9 Å². The van der Waals surface area contributed by atoms with Gasteiger partial charge in [-0.2, -0.15) is 13.2 Å². The Bertz CT molecular complexity index is 624. The average Bonchev–Trinajstić information content (AvgIpc) is 2.45. The van der Waals surface area contributed by atoms with Crippen LogP contribution in [0.1, 0.15) is 12.8 Å². The first kappa shape index (κ1) is 17.3. The van der Waals surface area contributed by atoms with Gasteiger partial charge in [-0.15, -0.1) is 0 Å². The number of carbonyl (C=O) groups is 1. The lowest BCUT2D eigenvalue weighted by Crippen LogP contribution is -2.49. The molecule has 0 N–H and O–H groups in total. The molecule has 0 aliphatic carbocycles. The van der Waals surface area contributed by atoms with E-state index in [1.807, 2.05) is 0 Å². The Morgan fingerprint density at radius 2 is 2.13 bits per heavy atom. The highest BCUT2D eigenvalue weighted by Crippen LogP contribution is 2.32. The van der Waals surface area contributed by atoms with Crippen LogP contribution in [-0.4, -0.2) is 41.1 Å². The van der Waals surface area contributed by atoms with Gasteiger partial charge in [0, 0.05) is 23.7 Å². The lowest BCUT2D eigenvalue weighted by Gasteiger charge is -2.33. The third kappa shape index (κ3) is 4.25. The maximum atomic E-state index is 12.5. The van der Waals surface area contributed by atoms with Crippen molar-refractivity contribution in [2.24, 2.45) is 0 Å². The zero-order valence-corrected chi connectivity index (χ0v) is 12.4. The molecule has 1 aromatic carbocycles. The van der Waals surface area contributed by atoms with Crippen LogP contribution in [0.2, 0.25) is 5.02 Å². The van der Waals surface area contributed by atoms with Gasteiger partial charge in [0.15, 0.2) is 5.75 Å². The summed E-state index contributed by atoms with van der Waals surface area (Å²) in [5.41, 5.74) is -0.339. The largest absolute Gasteiger partial charge is 0.482 e. The number of carbonyl (C=O) groups excluding carboxylic acids is 1. The topological polar surface area (TPSA) is 72.7 Å². The van der Waals surface area contributed by atoms with Crippen molar-refractivity contribution >= 4 is 23.2 Å². The highest BCUT2D eigenvalue weighted by atomic mass is 35.5. The SMILES string of the molecule is O=C(N1CCCC(Oc2cc(Cl)ccc2[N+](=O)[O-])C1)C(F)(F)F. The summed E-state index contributed by atoms with van der Waals surface area (Å²) in [7, 11) is 0. The Morgan fingerprint density at radius 1 is 1.43 bits per heavy atom. The number of nitro benzene ring substituents is 1. The molecule has 1 heterocycles. The number of hydrogen-bond acceptors (Lipinski definition) is 4. The van der Waals surface area contributed by atoms with E-state index in [0.717, 1.165) is 6.07 Å². The van der Waals surface area contributed by atoms with Crippen LogP contribution >= 0.6 is 11.6 Å². The highest BCUT2D eigenvalue weighted by molar-refractivity contribution is 6.30. The molecule has 1 fully saturated rings. The monoisotopic (exact) mass is 352 g/mol. The summed E-state index contributed by atoms with van der Waals surface area (Å²) in [6.07, 6.45) is -5.04. The number of hydrogen-bond donors (Lipinski definition) is 0. The number of nitro groups is 1. The van der Waals surface area contributed by atoms with Crippen molar-refractivity contribution in [2.75, 3.05) is 13.1 Å². The molecule has 10 heteroatoms. The lowest BCUT2D eigenvalue weighted by atomic mass is 10.1. The standard InChI is InChI=1S/C13H12ClF3N2O4/c14-8-3-4-10(19(21)22)11(6-8)23-9-2-1-5-18(7-9)12(20)13(15,16)17/h3-4,6,9H,1-2,5,7H2. The van der Waals surface area contributed by atoms with E-state index in [1.165, 1.54) is 12.1 Å². The fourth-order valence-electron chi connectivity index (χ4n) is 2.31. The van der Waals surface area contributed by atoms with Crippen LogP contribution in [0.5, 0.6) is 5.75 Å². The molecular weight excluding hydrogens is 341 g/mol. The van der Waals surface area contributed by atoms with E-state index in [9.17, 15) is 28.1 Å². The summed E-state index contributed by atoms with van der Waals surface area (Å²) in [5, 5.41) is 11.1. The van der Waals surface area contributed by atoms with E-state index in [1.54, 1.807) is 0 Å². The minimum atomic E-state index is -4.95. The number of nitrogens with zero attached hydrogens (tertiary/aromatic N) is 2. The molecule has 0 radical (unpaired) electrons. The summed E-state index contributed by atoms with van der Waals surface area (Å²) in [6.45, 7) is -0.322. The molecule has 1 saturated heterocycles. The van der Waals surface area contributed by atoms with Crippen LogP contribution in [0.3, 0.4) is 0 Å². The maximum absolute atomic E-state index is 12.5. The number of rotatable bonds is 3. The first-order chi connectivity index (χ1) is 10.7. The molecule has 0 saturated carbocycles. The molecule has 1 amide bonds. The van der Waals surface area contributed by atoms with Gasteiger partial charge in [0.25, 0.3) is 0 Å². The number of likely N-dealkylation sites (tertiary alicyclic amines) is 1. The van der Waals surface area contributed by atoms with Gasteiger partial charge in [0.2, 0.25) is 0 Å². The quantitative estimate of drug-likeness (QED) is 0.618. The Hall–Kier alpha value is -2.03. The minimum Gasteiger partial charge on any atom is -0.482 e.